The summed E-state index contributed by atoms with van der Waals surface area (Å²) in [5.74, 6) is 0. The van der Waals surface area contributed by atoms with E-state index in [2.05, 4.69) is 99.6 Å². The van der Waals surface area contributed by atoms with Crippen LogP contribution >= 0.6 is 11.3 Å². The van der Waals surface area contributed by atoms with E-state index in [1.54, 1.807) is 0 Å². The lowest BCUT2D eigenvalue weighted by Crippen LogP contribution is -2.15. The zero-order valence-corrected chi connectivity index (χ0v) is 17.7. The largest absolute Gasteiger partial charge is 0.135 e. The minimum absolute atomic E-state index is 0.0361. The number of benzene rings is 4. The van der Waals surface area contributed by atoms with Gasteiger partial charge in [-0.15, -0.1) is 11.3 Å². The summed E-state index contributed by atoms with van der Waals surface area (Å²) in [7, 11) is 0. The maximum Gasteiger partial charge on any atom is 0.0361 e. The number of hydrogen-bond acceptors (Lipinski definition) is 1. The highest BCUT2D eigenvalue weighted by Gasteiger charge is 2.36. The second kappa shape index (κ2) is 5.81. The predicted octanol–water partition coefficient (Wildman–Crippen LogP) is 8.34. The van der Waals surface area contributed by atoms with Crippen LogP contribution in [0.15, 0.2) is 78.9 Å². The van der Waals surface area contributed by atoms with Crippen molar-refractivity contribution in [2.45, 2.75) is 26.2 Å². The predicted molar refractivity (Wildman–Crippen MR) is 127 cm³/mol. The zero-order chi connectivity index (χ0) is 19.8. The Kier molecular flexibility index (Phi) is 3.40. The molecule has 4 aromatic carbocycles. The second-order valence-electron chi connectivity index (χ2n) is 8.69. The normalized spacial score (nSPS) is 14.3. The molecule has 0 nitrogen and oxygen atoms in total. The van der Waals surface area contributed by atoms with Gasteiger partial charge in [0.15, 0.2) is 0 Å². The molecule has 1 aromatic heterocycles. The van der Waals surface area contributed by atoms with Gasteiger partial charge in [-0.1, -0.05) is 74.5 Å². The molecule has 0 fully saturated rings. The fourth-order valence-electron chi connectivity index (χ4n) is 5.06. The fourth-order valence-corrected chi connectivity index (χ4v) is 6.20. The van der Waals surface area contributed by atoms with Crippen LogP contribution in [0.2, 0.25) is 0 Å². The average molecular weight is 391 g/mol. The Hall–Kier alpha value is -2.90. The van der Waals surface area contributed by atoms with E-state index in [1.807, 2.05) is 11.3 Å². The summed E-state index contributed by atoms with van der Waals surface area (Å²) in [6, 6.07) is 29.4. The fraction of sp³-hybridized carbons (Fsp3) is 0.143. The summed E-state index contributed by atoms with van der Waals surface area (Å²) in [5, 5.41) is 2.72. The van der Waals surface area contributed by atoms with Crippen LogP contribution in [-0.2, 0) is 5.41 Å². The van der Waals surface area contributed by atoms with E-state index >= 15 is 0 Å². The summed E-state index contributed by atoms with van der Waals surface area (Å²) >= 11 is 1.89. The molecule has 5 aromatic rings. The van der Waals surface area contributed by atoms with E-state index in [9.17, 15) is 0 Å². The van der Waals surface area contributed by atoms with Crippen molar-refractivity contribution in [3.05, 3.63) is 95.6 Å². The van der Waals surface area contributed by atoms with Gasteiger partial charge in [0.2, 0.25) is 0 Å². The van der Waals surface area contributed by atoms with Crippen molar-refractivity contribution in [3.63, 3.8) is 0 Å². The van der Waals surface area contributed by atoms with Crippen molar-refractivity contribution in [2.24, 2.45) is 0 Å². The average Bonchev–Trinajstić information content (AvgIpc) is 3.21. The molecule has 0 amide bonds. The Balaban J connectivity index is 1.54. The van der Waals surface area contributed by atoms with Crippen molar-refractivity contribution < 1.29 is 0 Å². The van der Waals surface area contributed by atoms with Crippen molar-refractivity contribution in [1.29, 1.82) is 0 Å². The summed E-state index contributed by atoms with van der Waals surface area (Å²) in [6.07, 6.45) is 0. The van der Waals surface area contributed by atoms with Crippen LogP contribution in [0.5, 0.6) is 0 Å². The summed E-state index contributed by atoms with van der Waals surface area (Å²) < 4.78 is 2.73. The summed E-state index contributed by atoms with van der Waals surface area (Å²) in [6.45, 7) is 6.94. The van der Waals surface area contributed by atoms with Gasteiger partial charge in [0, 0.05) is 25.6 Å². The maximum absolute atomic E-state index is 2.42. The first-order valence-electron chi connectivity index (χ1n) is 10.2. The molecule has 0 atom stereocenters. The van der Waals surface area contributed by atoms with Gasteiger partial charge in [0.1, 0.15) is 0 Å². The molecule has 1 aliphatic rings. The first-order chi connectivity index (χ1) is 14.0. The van der Waals surface area contributed by atoms with Crippen molar-refractivity contribution in [3.8, 4) is 22.3 Å². The van der Waals surface area contributed by atoms with Crippen LogP contribution in [0.25, 0.3) is 42.4 Å². The first kappa shape index (κ1) is 17.0. The van der Waals surface area contributed by atoms with Crippen LogP contribution in [0.3, 0.4) is 0 Å². The summed E-state index contributed by atoms with van der Waals surface area (Å²) in [5.41, 5.74) is 9.73. The smallest absolute Gasteiger partial charge is 0.0361 e. The van der Waals surface area contributed by atoms with Crippen LogP contribution in [0.4, 0.5) is 0 Å². The van der Waals surface area contributed by atoms with Crippen molar-refractivity contribution >= 4 is 31.5 Å². The Morgan fingerprint density at radius 1 is 0.655 bits per heavy atom. The zero-order valence-electron chi connectivity index (χ0n) is 16.9. The van der Waals surface area contributed by atoms with Gasteiger partial charge >= 0.3 is 0 Å². The third kappa shape index (κ3) is 2.31. The Morgan fingerprint density at radius 3 is 2.31 bits per heavy atom. The molecular weight excluding hydrogens is 368 g/mol. The lowest BCUT2D eigenvalue weighted by atomic mass is 9.81. The molecule has 140 valence electrons. The van der Waals surface area contributed by atoms with E-state index < -0.39 is 0 Å². The molecule has 0 N–H and O–H groups in total. The summed E-state index contributed by atoms with van der Waals surface area (Å²) in [4.78, 5) is 0. The molecule has 0 bridgehead atoms. The highest BCUT2D eigenvalue weighted by Crippen LogP contribution is 2.50. The second-order valence-corrected chi connectivity index (χ2v) is 9.78. The van der Waals surface area contributed by atoms with Crippen LogP contribution in [0, 0.1) is 6.92 Å². The van der Waals surface area contributed by atoms with Crippen LogP contribution in [0.1, 0.15) is 30.5 Å². The van der Waals surface area contributed by atoms with Gasteiger partial charge in [0.05, 0.1) is 0 Å². The van der Waals surface area contributed by atoms with E-state index in [0.717, 1.165) is 0 Å². The highest BCUT2D eigenvalue weighted by atomic mass is 32.1. The molecule has 0 aliphatic heterocycles. The number of thiophene rings is 1. The Labute approximate surface area is 175 Å². The van der Waals surface area contributed by atoms with Crippen LogP contribution in [-0.4, -0.2) is 0 Å². The molecule has 0 radical (unpaired) electrons. The van der Waals surface area contributed by atoms with Gasteiger partial charge in [-0.05, 0) is 64.1 Å². The van der Waals surface area contributed by atoms with E-state index in [-0.39, 0.29) is 5.41 Å². The molecule has 0 spiro atoms. The molecule has 29 heavy (non-hydrogen) atoms. The third-order valence-corrected chi connectivity index (χ3v) is 7.75. The lowest BCUT2D eigenvalue weighted by Gasteiger charge is -2.22. The number of aryl methyl sites for hydroxylation is 1. The van der Waals surface area contributed by atoms with Gasteiger partial charge in [-0.25, -0.2) is 0 Å². The molecule has 1 heteroatoms. The molecule has 0 saturated heterocycles. The van der Waals surface area contributed by atoms with E-state index in [0.29, 0.717) is 0 Å². The number of hydrogen-bond donors (Lipinski definition) is 0. The topological polar surface area (TPSA) is 0 Å². The number of fused-ring (bicyclic) bond motifs is 6. The van der Waals surface area contributed by atoms with Crippen LogP contribution < -0.4 is 0 Å². The van der Waals surface area contributed by atoms with Gasteiger partial charge in [-0.3, -0.25) is 0 Å². The highest BCUT2D eigenvalue weighted by molar-refractivity contribution is 7.25. The monoisotopic (exact) mass is 390 g/mol. The van der Waals surface area contributed by atoms with Gasteiger partial charge in [0.25, 0.3) is 0 Å². The molecule has 0 saturated carbocycles. The lowest BCUT2D eigenvalue weighted by molar-refractivity contribution is 0.660. The standard InChI is InChI=1S/C28H22S/c1-17-7-6-9-23-27(17)22-14-12-18(15-24(22)28(23,2)3)19-11-13-21-20-8-4-5-10-25(20)29-26(21)16-19/h4-16H,1-3H3. The quantitative estimate of drug-likeness (QED) is 0.270. The van der Waals surface area contributed by atoms with Crippen molar-refractivity contribution in [2.75, 3.05) is 0 Å². The number of rotatable bonds is 1. The molecule has 6 rings (SSSR count). The van der Waals surface area contributed by atoms with E-state index in [1.165, 1.54) is 59.1 Å². The molecule has 0 unspecified atom stereocenters. The van der Waals surface area contributed by atoms with Gasteiger partial charge < -0.3 is 0 Å². The van der Waals surface area contributed by atoms with Crippen molar-refractivity contribution in [1.82, 2.24) is 0 Å². The molecule has 1 heterocycles. The minimum atomic E-state index is 0.0361. The van der Waals surface area contributed by atoms with E-state index in [4.69, 9.17) is 0 Å². The SMILES string of the molecule is Cc1cccc2c1-c1ccc(-c3ccc4c(c3)sc3ccccc34)cc1C2(C)C. The van der Waals surface area contributed by atoms with Gasteiger partial charge in [-0.2, -0.15) is 0 Å². The molecule has 1 aliphatic carbocycles. The third-order valence-electron chi connectivity index (χ3n) is 6.62. The maximum atomic E-state index is 2.42. The first-order valence-corrected chi connectivity index (χ1v) is 11.0. The Morgan fingerprint density at radius 2 is 1.41 bits per heavy atom. The molecular formula is C28H22S. The minimum Gasteiger partial charge on any atom is -0.135 e. The Bertz CT molecular complexity index is 1430.